The number of aliphatic hydroxyl groups is 2. The first-order valence-electron chi connectivity index (χ1n) is 6.01. The van der Waals surface area contributed by atoms with E-state index in [9.17, 15) is 10.2 Å². The van der Waals surface area contributed by atoms with E-state index in [1.54, 1.807) is 6.92 Å². The van der Waals surface area contributed by atoms with Crippen LogP contribution in [0.15, 0.2) is 0 Å². The first-order chi connectivity index (χ1) is 6.60. The summed E-state index contributed by atoms with van der Waals surface area (Å²) in [7, 11) is 0. The molecule has 0 amide bonds. The van der Waals surface area contributed by atoms with E-state index in [4.69, 9.17) is 0 Å². The molecule has 4 saturated carbocycles. The minimum Gasteiger partial charge on any atom is -0.390 e. The molecule has 4 fully saturated rings. The Hall–Kier alpha value is -0.0800. The van der Waals surface area contributed by atoms with Crippen molar-refractivity contribution < 1.29 is 10.2 Å². The van der Waals surface area contributed by atoms with E-state index < -0.39 is 11.7 Å². The van der Waals surface area contributed by atoms with Crippen molar-refractivity contribution in [3.05, 3.63) is 0 Å². The molecule has 2 heteroatoms. The van der Waals surface area contributed by atoms with E-state index in [2.05, 4.69) is 0 Å². The summed E-state index contributed by atoms with van der Waals surface area (Å²) >= 11 is 0. The number of hydrogen-bond acceptors (Lipinski definition) is 2. The molecule has 4 rings (SSSR count). The van der Waals surface area contributed by atoms with Gasteiger partial charge in [-0.3, -0.25) is 0 Å². The molecule has 80 valence electrons. The van der Waals surface area contributed by atoms with Crippen LogP contribution in [0.3, 0.4) is 0 Å². The zero-order valence-corrected chi connectivity index (χ0v) is 8.82. The lowest BCUT2D eigenvalue weighted by Gasteiger charge is -2.59. The van der Waals surface area contributed by atoms with E-state index >= 15 is 0 Å². The van der Waals surface area contributed by atoms with Gasteiger partial charge in [0.1, 0.15) is 0 Å². The highest BCUT2D eigenvalue weighted by atomic mass is 16.3. The van der Waals surface area contributed by atoms with E-state index in [0.717, 1.165) is 37.5 Å². The Labute approximate surface area is 85.3 Å². The van der Waals surface area contributed by atoms with Gasteiger partial charge in [0.15, 0.2) is 0 Å². The lowest BCUT2D eigenvalue weighted by Crippen LogP contribution is -2.62. The molecule has 0 aromatic rings. The Kier molecular flexibility index (Phi) is 1.79. The third-order valence-electron chi connectivity index (χ3n) is 5.12. The van der Waals surface area contributed by atoms with Crippen LogP contribution in [0.1, 0.15) is 39.0 Å². The molecular weight excluding hydrogens is 176 g/mol. The Morgan fingerprint density at radius 2 is 1.43 bits per heavy atom. The Morgan fingerprint density at radius 1 is 1.00 bits per heavy atom. The predicted molar refractivity (Wildman–Crippen MR) is 53.7 cm³/mol. The van der Waals surface area contributed by atoms with Crippen LogP contribution < -0.4 is 0 Å². The topological polar surface area (TPSA) is 40.5 Å². The Balaban J connectivity index is 1.94. The molecule has 0 aliphatic heterocycles. The fraction of sp³-hybridized carbons (Fsp3) is 1.00. The monoisotopic (exact) mass is 196 g/mol. The lowest BCUT2D eigenvalue weighted by atomic mass is 9.49. The van der Waals surface area contributed by atoms with E-state index in [1.807, 2.05) is 0 Å². The lowest BCUT2D eigenvalue weighted by molar-refractivity contribution is -0.216. The van der Waals surface area contributed by atoms with Crippen LogP contribution in [-0.4, -0.2) is 21.9 Å². The van der Waals surface area contributed by atoms with Crippen LogP contribution in [0.5, 0.6) is 0 Å². The number of hydrogen-bond donors (Lipinski definition) is 2. The van der Waals surface area contributed by atoms with Crippen molar-refractivity contribution >= 4 is 0 Å². The molecule has 0 aromatic heterocycles. The van der Waals surface area contributed by atoms with Crippen LogP contribution >= 0.6 is 0 Å². The van der Waals surface area contributed by atoms with Gasteiger partial charge < -0.3 is 10.2 Å². The van der Waals surface area contributed by atoms with Gasteiger partial charge in [0.2, 0.25) is 0 Å². The highest BCUT2D eigenvalue weighted by Crippen LogP contribution is 2.59. The maximum absolute atomic E-state index is 10.6. The Bertz CT molecular complexity index is 219. The highest BCUT2D eigenvalue weighted by molar-refractivity contribution is 5.08. The third kappa shape index (κ3) is 0.989. The van der Waals surface area contributed by atoms with Crippen molar-refractivity contribution in [3.8, 4) is 0 Å². The standard InChI is InChI=1S/C12H20O2/c1-7(13)12(14)10-3-8-2-9(5-10)6-11(12)4-8/h7-11,13-14H,2-6H2,1H3. The summed E-state index contributed by atoms with van der Waals surface area (Å²) in [5.74, 6) is 2.49. The van der Waals surface area contributed by atoms with Gasteiger partial charge in [0.05, 0.1) is 11.7 Å². The summed E-state index contributed by atoms with van der Waals surface area (Å²) in [6.07, 6.45) is 5.49. The van der Waals surface area contributed by atoms with Crippen LogP contribution in [0, 0.1) is 23.7 Å². The van der Waals surface area contributed by atoms with E-state index in [-0.39, 0.29) is 0 Å². The first-order valence-corrected chi connectivity index (χ1v) is 6.01. The average Bonchev–Trinajstić information content (AvgIpc) is 2.12. The van der Waals surface area contributed by atoms with Crippen LogP contribution in [0.2, 0.25) is 0 Å². The molecular formula is C12H20O2. The summed E-state index contributed by atoms with van der Waals surface area (Å²) in [4.78, 5) is 0. The summed E-state index contributed by atoms with van der Waals surface area (Å²) in [5, 5.41) is 20.4. The maximum Gasteiger partial charge on any atom is 0.0958 e. The third-order valence-corrected chi connectivity index (χ3v) is 5.12. The molecule has 2 nitrogen and oxygen atoms in total. The first kappa shape index (κ1) is 9.17. The fourth-order valence-electron chi connectivity index (χ4n) is 4.62. The zero-order valence-electron chi connectivity index (χ0n) is 8.82. The quantitative estimate of drug-likeness (QED) is 0.668. The van der Waals surface area contributed by atoms with E-state index in [0.29, 0.717) is 11.8 Å². The summed E-state index contributed by atoms with van der Waals surface area (Å²) in [6.45, 7) is 1.77. The molecule has 4 aliphatic carbocycles. The minimum absolute atomic E-state index is 0.388. The predicted octanol–water partition coefficient (Wildman–Crippen LogP) is 1.55. The van der Waals surface area contributed by atoms with Gasteiger partial charge in [-0.2, -0.15) is 0 Å². The molecule has 14 heavy (non-hydrogen) atoms. The van der Waals surface area contributed by atoms with Crippen LogP contribution in [-0.2, 0) is 0 Å². The zero-order chi connectivity index (χ0) is 9.92. The van der Waals surface area contributed by atoms with Gasteiger partial charge >= 0.3 is 0 Å². The molecule has 2 N–H and O–H groups in total. The molecule has 0 aromatic carbocycles. The van der Waals surface area contributed by atoms with Crippen molar-refractivity contribution in [2.75, 3.05) is 0 Å². The van der Waals surface area contributed by atoms with Gasteiger partial charge in [-0.15, -0.1) is 0 Å². The molecule has 0 saturated heterocycles. The second-order valence-electron chi connectivity index (χ2n) is 5.87. The van der Waals surface area contributed by atoms with Gasteiger partial charge in [-0.25, -0.2) is 0 Å². The Morgan fingerprint density at radius 3 is 1.79 bits per heavy atom. The number of aliphatic hydroxyl groups excluding tert-OH is 1. The fourth-order valence-corrected chi connectivity index (χ4v) is 4.62. The van der Waals surface area contributed by atoms with Crippen molar-refractivity contribution in [2.24, 2.45) is 23.7 Å². The summed E-state index contributed by atoms with van der Waals surface area (Å²) < 4.78 is 0. The minimum atomic E-state index is -0.743. The highest BCUT2D eigenvalue weighted by Gasteiger charge is 2.58. The van der Waals surface area contributed by atoms with Crippen molar-refractivity contribution in [1.82, 2.24) is 0 Å². The van der Waals surface area contributed by atoms with Crippen molar-refractivity contribution in [1.29, 1.82) is 0 Å². The van der Waals surface area contributed by atoms with Gasteiger partial charge in [-0.1, -0.05) is 0 Å². The van der Waals surface area contributed by atoms with E-state index in [1.165, 1.54) is 6.42 Å². The second-order valence-corrected chi connectivity index (χ2v) is 5.87. The van der Waals surface area contributed by atoms with Crippen molar-refractivity contribution in [2.45, 2.75) is 50.7 Å². The van der Waals surface area contributed by atoms with Gasteiger partial charge in [0.25, 0.3) is 0 Å². The smallest absolute Gasteiger partial charge is 0.0958 e. The molecule has 0 spiro atoms. The molecule has 1 atom stereocenters. The second kappa shape index (κ2) is 2.73. The van der Waals surface area contributed by atoms with Crippen LogP contribution in [0.25, 0.3) is 0 Å². The van der Waals surface area contributed by atoms with Crippen molar-refractivity contribution in [3.63, 3.8) is 0 Å². The molecule has 4 aliphatic rings. The van der Waals surface area contributed by atoms with Crippen LogP contribution in [0.4, 0.5) is 0 Å². The molecule has 1 unspecified atom stereocenters. The largest absolute Gasteiger partial charge is 0.390 e. The summed E-state index contributed by atoms with van der Waals surface area (Å²) in [5.41, 5.74) is -0.743. The summed E-state index contributed by atoms with van der Waals surface area (Å²) in [6, 6.07) is 0. The molecule has 4 bridgehead atoms. The molecule has 0 radical (unpaired) electrons. The average molecular weight is 196 g/mol. The van der Waals surface area contributed by atoms with Gasteiger partial charge in [-0.05, 0) is 62.7 Å². The normalized spacial score (nSPS) is 57.6. The number of rotatable bonds is 1. The SMILES string of the molecule is CC(O)C1(O)C2CC3CC(C2)CC1C3. The molecule has 0 heterocycles. The maximum atomic E-state index is 10.6. The van der Waals surface area contributed by atoms with Gasteiger partial charge in [0, 0.05) is 0 Å².